The lowest BCUT2D eigenvalue weighted by molar-refractivity contribution is -0.130. The Balaban J connectivity index is 2.16. The van der Waals surface area contributed by atoms with Gasteiger partial charge in [0.2, 0.25) is 5.91 Å². The van der Waals surface area contributed by atoms with Gasteiger partial charge in [0.25, 0.3) is 0 Å². The van der Waals surface area contributed by atoms with E-state index in [2.05, 4.69) is 27.9 Å². The summed E-state index contributed by atoms with van der Waals surface area (Å²) in [7, 11) is 1.47. The van der Waals surface area contributed by atoms with Crippen molar-refractivity contribution in [2.24, 2.45) is 5.92 Å². The Morgan fingerprint density at radius 1 is 1.58 bits per heavy atom. The number of nitrogens with zero attached hydrogens (tertiary/aromatic N) is 1. The zero-order valence-corrected chi connectivity index (χ0v) is 12.9. The van der Waals surface area contributed by atoms with E-state index in [1.807, 2.05) is 0 Å². The molecule has 0 radical (unpaired) electrons. The summed E-state index contributed by atoms with van der Waals surface area (Å²) in [6.45, 7) is 1.99. The number of aliphatic hydroxyl groups excluding tert-OH is 1. The first-order valence-corrected chi connectivity index (χ1v) is 7.56. The average Bonchev–Trinajstić information content (AvgIpc) is 2.70. The molecule has 3 amide bonds. The zero-order valence-electron chi connectivity index (χ0n) is 10.7. The van der Waals surface area contributed by atoms with Crippen LogP contribution in [-0.4, -0.2) is 64.6 Å². The summed E-state index contributed by atoms with van der Waals surface area (Å²) in [5.41, 5.74) is 0. The number of aliphatic hydroxyl groups is 1. The fourth-order valence-electron chi connectivity index (χ4n) is 2.33. The van der Waals surface area contributed by atoms with Crippen molar-refractivity contribution in [3.8, 4) is 0 Å². The maximum Gasteiger partial charge on any atom is 0.326 e. The van der Waals surface area contributed by atoms with E-state index in [1.165, 1.54) is 12.0 Å². The summed E-state index contributed by atoms with van der Waals surface area (Å²) in [5.74, 6) is -0.603. The number of hydrogen-bond acceptors (Lipinski definition) is 5. The normalized spacial score (nSPS) is 39.6. The lowest BCUT2D eigenvalue weighted by Crippen LogP contribution is -2.59. The topological polar surface area (TPSA) is 88.1 Å². The van der Waals surface area contributed by atoms with Crippen LogP contribution in [0.25, 0.3) is 0 Å². The van der Waals surface area contributed by atoms with Gasteiger partial charge >= 0.3 is 6.03 Å². The smallest absolute Gasteiger partial charge is 0.326 e. The molecule has 2 saturated heterocycles. The minimum atomic E-state index is -0.785. The highest BCUT2D eigenvalue weighted by Gasteiger charge is 2.49. The predicted molar refractivity (Wildman–Crippen MR) is 73.8 cm³/mol. The first-order valence-electron chi connectivity index (χ1n) is 6.03. The van der Waals surface area contributed by atoms with Crippen molar-refractivity contribution in [1.29, 1.82) is 0 Å². The molecule has 0 aromatic heterocycles. The molecule has 2 aliphatic rings. The fourth-order valence-corrected chi connectivity index (χ4v) is 3.06. The van der Waals surface area contributed by atoms with Gasteiger partial charge in [-0.1, -0.05) is 29.5 Å². The molecule has 2 fully saturated rings. The van der Waals surface area contributed by atoms with Gasteiger partial charge in [-0.3, -0.25) is 15.0 Å². The maximum absolute atomic E-state index is 11.9. The minimum absolute atomic E-state index is 0.260. The quantitative estimate of drug-likeness (QED) is 0.516. The molecule has 2 aliphatic heterocycles. The Morgan fingerprint density at radius 3 is 2.84 bits per heavy atom. The largest absolute Gasteiger partial charge is 0.387 e. The van der Waals surface area contributed by atoms with Gasteiger partial charge in [0.1, 0.15) is 12.2 Å². The number of halogens is 1. The average molecular weight is 384 g/mol. The summed E-state index contributed by atoms with van der Waals surface area (Å²) < 4.78 is 11.5. The van der Waals surface area contributed by atoms with Crippen LogP contribution in [-0.2, 0) is 14.3 Å². The first-order chi connectivity index (χ1) is 8.99. The Labute approximate surface area is 124 Å². The molecule has 1 unspecified atom stereocenters. The van der Waals surface area contributed by atoms with Crippen molar-refractivity contribution >= 4 is 34.5 Å². The first kappa shape index (κ1) is 14.9. The number of carbonyl (C=O) groups excluding carboxylic acids is 2. The van der Waals surface area contributed by atoms with Crippen LogP contribution in [0.2, 0.25) is 0 Å². The predicted octanol–water partition coefficient (Wildman–Crippen LogP) is -0.290. The molecule has 0 saturated carbocycles. The van der Waals surface area contributed by atoms with Gasteiger partial charge in [0.15, 0.2) is 6.23 Å². The summed E-state index contributed by atoms with van der Waals surface area (Å²) >= 11 is 2.11. The number of carbonyl (C=O) groups is 2. The van der Waals surface area contributed by atoms with E-state index in [0.29, 0.717) is 4.43 Å². The van der Waals surface area contributed by atoms with E-state index in [1.54, 1.807) is 6.92 Å². The number of nitrogens with one attached hydrogen (secondary N) is 1. The van der Waals surface area contributed by atoms with E-state index in [-0.39, 0.29) is 24.5 Å². The van der Waals surface area contributed by atoms with E-state index >= 15 is 0 Å². The second-order valence-electron chi connectivity index (χ2n) is 4.76. The molecular weight excluding hydrogens is 367 g/mol. The minimum Gasteiger partial charge on any atom is -0.387 e. The molecule has 0 aliphatic carbocycles. The summed E-state index contributed by atoms with van der Waals surface area (Å²) in [6.07, 6.45) is -2.44. The highest BCUT2D eigenvalue weighted by molar-refractivity contribution is 14.1. The van der Waals surface area contributed by atoms with E-state index in [4.69, 9.17) is 9.47 Å². The van der Waals surface area contributed by atoms with Crippen molar-refractivity contribution in [2.75, 3.05) is 18.1 Å². The molecule has 2 rings (SSSR count). The molecule has 0 aromatic carbocycles. The molecule has 19 heavy (non-hydrogen) atoms. The number of amides is 3. The molecule has 0 spiro atoms. The van der Waals surface area contributed by atoms with Crippen molar-refractivity contribution in [1.82, 2.24) is 10.2 Å². The molecule has 108 valence electrons. The van der Waals surface area contributed by atoms with Crippen molar-refractivity contribution in [3.05, 3.63) is 0 Å². The molecule has 0 aromatic rings. The Morgan fingerprint density at radius 2 is 2.26 bits per heavy atom. The summed E-state index contributed by atoms with van der Waals surface area (Å²) in [6, 6.07) is -0.503. The zero-order chi connectivity index (χ0) is 14.2. The molecular formula is C11H17IN2O5. The molecule has 5 atom stereocenters. The van der Waals surface area contributed by atoms with Gasteiger partial charge in [-0.15, -0.1) is 0 Å². The molecule has 2 N–H and O–H groups in total. The lowest BCUT2D eigenvalue weighted by Gasteiger charge is -2.36. The van der Waals surface area contributed by atoms with Gasteiger partial charge in [-0.05, 0) is 0 Å². The van der Waals surface area contributed by atoms with Crippen LogP contribution in [0.15, 0.2) is 0 Å². The van der Waals surface area contributed by atoms with Gasteiger partial charge in [-0.2, -0.15) is 0 Å². The van der Waals surface area contributed by atoms with Gasteiger partial charge in [0.05, 0.1) is 12.0 Å². The molecule has 8 heteroatoms. The van der Waals surface area contributed by atoms with E-state index in [9.17, 15) is 14.7 Å². The SMILES string of the molecule is CO[C@@H]1[C@H](O)[C@@H](CI)O[C@H]1N1CC(C)C(=O)NC1=O. The number of ether oxygens (including phenoxy) is 2. The summed E-state index contributed by atoms with van der Waals surface area (Å²) in [4.78, 5) is 24.7. The number of urea groups is 1. The number of methoxy groups -OCH3 is 1. The third-order valence-electron chi connectivity index (χ3n) is 3.45. The standard InChI is InChI=1S/C11H17IN2O5/c1-5-4-14(11(17)13-9(5)16)10-8(18-2)7(15)6(3-12)19-10/h5-8,10,15H,3-4H2,1-2H3,(H,13,16,17)/t5?,6-,7-,8-,10-/m1/s1. The van der Waals surface area contributed by atoms with Crippen molar-refractivity contribution in [2.45, 2.75) is 31.5 Å². The third kappa shape index (κ3) is 2.71. The molecule has 0 bridgehead atoms. The highest BCUT2D eigenvalue weighted by Crippen LogP contribution is 2.29. The Hall–Kier alpha value is -0.450. The Bertz CT molecular complexity index is 380. The summed E-state index contributed by atoms with van der Waals surface area (Å²) in [5, 5.41) is 12.4. The number of alkyl halides is 1. The van der Waals surface area contributed by atoms with Crippen molar-refractivity contribution in [3.63, 3.8) is 0 Å². The molecule has 2 heterocycles. The maximum atomic E-state index is 11.9. The molecule has 7 nitrogen and oxygen atoms in total. The van der Waals surface area contributed by atoms with Crippen LogP contribution < -0.4 is 5.32 Å². The van der Waals surface area contributed by atoms with Crippen LogP contribution >= 0.6 is 22.6 Å². The van der Waals surface area contributed by atoms with Gasteiger partial charge < -0.3 is 14.6 Å². The van der Waals surface area contributed by atoms with Crippen LogP contribution in [0, 0.1) is 5.92 Å². The van der Waals surface area contributed by atoms with E-state index < -0.39 is 24.5 Å². The fraction of sp³-hybridized carbons (Fsp3) is 0.818. The second kappa shape index (κ2) is 5.90. The van der Waals surface area contributed by atoms with Crippen LogP contribution in [0.3, 0.4) is 0 Å². The van der Waals surface area contributed by atoms with Crippen LogP contribution in [0.4, 0.5) is 4.79 Å². The lowest BCUT2D eigenvalue weighted by atomic mass is 10.1. The number of hydrogen-bond donors (Lipinski definition) is 2. The number of rotatable bonds is 3. The second-order valence-corrected chi connectivity index (χ2v) is 5.64. The van der Waals surface area contributed by atoms with E-state index in [0.717, 1.165) is 0 Å². The Kier molecular flexibility index (Phi) is 4.64. The highest BCUT2D eigenvalue weighted by atomic mass is 127. The number of imide groups is 1. The van der Waals surface area contributed by atoms with Crippen LogP contribution in [0.1, 0.15) is 6.92 Å². The van der Waals surface area contributed by atoms with Gasteiger partial charge in [0, 0.05) is 18.1 Å². The van der Waals surface area contributed by atoms with Gasteiger partial charge in [-0.25, -0.2) is 4.79 Å². The monoisotopic (exact) mass is 384 g/mol. The van der Waals surface area contributed by atoms with Crippen molar-refractivity contribution < 1.29 is 24.2 Å². The van der Waals surface area contributed by atoms with Crippen LogP contribution in [0.5, 0.6) is 0 Å². The third-order valence-corrected chi connectivity index (χ3v) is 4.32.